The number of nitrogens with one attached hydrogen (secondary N) is 1. The van der Waals surface area contributed by atoms with E-state index in [0.717, 1.165) is 35.3 Å². The zero-order valence-electron chi connectivity index (χ0n) is 25.7. The molecule has 5 rings (SSSR count). The molecule has 37 heavy (non-hydrogen) atoms. The first-order valence-corrected chi connectivity index (χ1v) is 12.3. The molecule has 2 aliphatic heterocycles. The lowest BCUT2D eigenvalue weighted by atomic mass is 10.1. The molecular weight excluding hydrogens is 500 g/mol. The fraction of sp³-hybridized carbons (Fsp3) is 0.280. The molecule has 0 bridgehead atoms. The highest BCUT2D eigenvalue weighted by Gasteiger charge is 2.18. The maximum absolute atomic E-state index is 11.4. The SMILES string of the molecule is O=[N+]([O-])c1ccc2c(c1)CNC2.[2H]C([2H])([2H])N1Cc2ccc([N+](=O)[O-])cc2C1.[2H]C([2H])([2H])OS(=O)(=O)c1ccc(C)cc1. The van der Waals surface area contributed by atoms with Crippen molar-refractivity contribution >= 4 is 21.5 Å². The van der Waals surface area contributed by atoms with Gasteiger partial charge in [-0.3, -0.25) is 29.3 Å². The second-order valence-electron chi connectivity index (χ2n) is 8.23. The highest BCUT2D eigenvalue weighted by molar-refractivity contribution is 7.86. The first-order chi connectivity index (χ1) is 19.9. The summed E-state index contributed by atoms with van der Waals surface area (Å²) in [6, 6.07) is 15.2. The summed E-state index contributed by atoms with van der Waals surface area (Å²) in [5.74, 6) is 0. The molecule has 0 unspecified atom stereocenters. The largest absolute Gasteiger partial charge is 0.309 e. The van der Waals surface area contributed by atoms with E-state index in [1.54, 1.807) is 37.3 Å². The Bertz CT molecular complexity index is 1600. The Balaban J connectivity index is 0.000000178. The van der Waals surface area contributed by atoms with Crippen LogP contribution in [0.5, 0.6) is 0 Å². The van der Waals surface area contributed by atoms with Gasteiger partial charge in [-0.1, -0.05) is 29.8 Å². The normalized spacial score (nSPS) is 17.0. The molecule has 0 atom stereocenters. The van der Waals surface area contributed by atoms with Crippen LogP contribution in [0.25, 0.3) is 0 Å². The molecule has 3 aromatic carbocycles. The van der Waals surface area contributed by atoms with Crippen LogP contribution in [0.15, 0.2) is 65.6 Å². The summed E-state index contributed by atoms with van der Waals surface area (Å²) >= 11 is 0. The van der Waals surface area contributed by atoms with Gasteiger partial charge >= 0.3 is 0 Å². The number of nitro groups is 2. The summed E-state index contributed by atoms with van der Waals surface area (Å²) in [4.78, 5) is 21.3. The van der Waals surface area contributed by atoms with Crippen LogP contribution in [0.4, 0.5) is 11.4 Å². The second kappa shape index (κ2) is 12.0. The monoisotopic (exact) mass is 534 g/mol. The quantitative estimate of drug-likeness (QED) is 0.297. The molecule has 12 heteroatoms. The summed E-state index contributed by atoms with van der Waals surface area (Å²) in [7, 11) is -7.15. The van der Waals surface area contributed by atoms with Gasteiger partial charge in [0.25, 0.3) is 21.5 Å². The number of nitrogens with zero attached hydrogens (tertiary/aromatic N) is 3. The number of hydrogen-bond donors (Lipinski definition) is 1. The van der Waals surface area contributed by atoms with Crippen molar-refractivity contribution in [3.63, 3.8) is 0 Å². The van der Waals surface area contributed by atoms with Crippen molar-refractivity contribution in [2.75, 3.05) is 14.0 Å². The van der Waals surface area contributed by atoms with Gasteiger partial charge in [-0.15, -0.1) is 0 Å². The van der Waals surface area contributed by atoms with Gasteiger partial charge in [-0.05, 0) is 48.3 Å². The summed E-state index contributed by atoms with van der Waals surface area (Å²) < 4.78 is 68.7. The van der Waals surface area contributed by atoms with E-state index in [-0.39, 0.29) is 27.7 Å². The highest BCUT2D eigenvalue weighted by atomic mass is 32.2. The van der Waals surface area contributed by atoms with Gasteiger partial charge in [0.2, 0.25) is 0 Å². The van der Waals surface area contributed by atoms with Crippen LogP contribution in [-0.2, 0) is 40.5 Å². The first-order valence-electron chi connectivity index (χ1n) is 13.9. The molecule has 0 aromatic heterocycles. The third-order valence-corrected chi connectivity index (χ3v) is 6.64. The van der Waals surface area contributed by atoms with Crippen LogP contribution >= 0.6 is 0 Å². The van der Waals surface area contributed by atoms with Gasteiger partial charge in [0, 0.05) is 54.6 Å². The summed E-state index contributed by atoms with van der Waals surface area (Å²) in [5, 5.41) is 24.1. The second-order valence-corrected chi connectivity index (χ2v) is 9.78. The summed E-state index contributed by atoms with van der Waals surface area (Å²) in [6.45, 7) is 1.79. The van der Waals surface area contributed by atoms with E-state index in [0.29, 0.717) is 6.54 Å². The minimum Gasteiger partial charge on any atom is -0.309 e. The van der Waals surface area contributed by atoms with E-state index in [1.807, 2.05) is 6.07 Å². The molecule has 3 aromatic rings. The van der Waals surface area contributed by atoms with Crippen molar-refractivity contribution in [2.24, 2.45) is 0 Å². The minimum atomic E-state index is -4.20. The lowest BCUT2D eigenvalue weighted by molar-refractivity contribution is -0.385. The van der Waals surface area contributed by atoms with Gasteiger partial charge in [0.05, 0.1) is 25.9 Å². The smallest absolute Gasteiger partial charge is 0.296 e. The van der Waals surface area contributed by atoms with Gasteiger partial charge in [-0.2, -0.15) is 8.42 Å². The van der Waals surface area contributed by atoms with Gasteiger partial charge < -0.3 is 5.32 Å². The van der Waals surface area contributed by atoms with E-state index < -0.39 is 29.1 Å². The van der Waals surface area contributed by atoms with Crippen molar-refractivity contribution in [1.82, 2.24) is 10.2 Å². The number of benzene rings is 3. The molecule has 0 aliphatic carbocycles. The average Bonchev–Trinajstić information content (AvgIpc) is 3.54. The Kier molecular flexibility index (Phi) is 6.61. The summed E-state index contributed by atoms with van der Waals surface area (Å²) in [6.07, 6.45) is 0. The van der Waals surface area contributed by atoms with Gasteiger partial charge in [-0.25, -0.2) is 0 Å². The number of nitro benzene ring substituents is 2. The molecule has 196 valence electrons. The number of aryl methyl sites for hydroxylation is 1. The number of fused-ring (bicyclic) bond motifs is 2. The Morgan fingerprint density at radius 2 is 1.43 bits per heavy atom. The predicted octanol–water partition coefficient (Wildman–Crippen LogP) is 4.07. The molecule has 2 heterocycles. The zero-order valence-corrected chi connectivity index (χ0v) is 20.5. The molecule has 1 N–H and O–H groups in total. The van der Waals surface area contributed by atoms with E-state index >= 15 is 0 Å². The van der Waals surface area contributed by atoms with Crippen LogP contribution in [0, 0.1) is 27.2 Å². The third kappa shape index (κ3) is 7.40. The van der Waals surface area contributed by atoms with Crippen LogP contribution in [0.1, 0.15) is 36.0 Å². The predicted molar refractivity (Wildman–Crippen MR) is 137 cm³/mol. The van der Waals surface area contributed by atoms with Crippen LogP contribution in [-0.4, -0.2) is 37.2 Å². The van der Waals surface area contributed by atoms with Crippen molar-refractivity contribution < 1.29 is 30.7 Å². The molecule has 0 saturated carbocycles. The van der Waals surface area contributed by atoms with Crippen LogP contribution in [0.2, 0.25) is 0 Å². The van der Waals surface area contributed by atoms with Crippen molar-refractivity contribution in [1.29, 1.82) is 0 Å². The molecule has 0 amide bonds. The molecule has 0 radical (unpaired) electrons. The molecule has 0 fully saturated rings. The molecular formula is C25H28N4O7S. The summed E-state index contributed by atoms with van der Waals surface area (Å²) in [5.41, 5.74) is 4.85. The number of rotatable bonds is 4. The minimum absolute atomic E-state index is 0.00569. The molecule has 0 spiro atoms. The van der Waals surface area contributed by atoms with Crippen molar-refractivity contribution in [2.45, 2.75) is 38.0 Å². The van der Waals surface area contributed by atoms with Crippen molar-refractivity contribution in [3.05, 3.63) is 109 Å². The Morgan fingerprint density at radius 3 is 2.03 bits per heavy atom. The lowest BCUT2D eigenvalue weighted by Gasteiger charge is -2.02. The third-order valence-electron chi connectivity index (χ3n) is 5.57. The zero-order chi connectivity index (χ0) is 32.2. The Morgan fingerprint density at radius 1 is 0.865 bits per heavy atom. The van der Waals surface area contributed by atoms with Crippen molar-refractivity contribution in [3.8, 4) is 0 Å². The highest BCUT2D eigenvalue weighted by Crippen LogP contribution is 2.25. The van der Waals surface area contributed by atoms with Gasteiger partial charge in [0.1, 0.15) is 0 Å². The Hall–Kier alpha value is -3.71. The van der Waals surface area contributed by atoms with E-state index in [4.69, 9.17) is 8.22 Å². The maximum Gasteiger partial charge on any atom is 0.296 e. The van der Waals surface area contributed by atoms with Crippen LogP contribution < -0.4 is 5.32 Å². The first kappa shape index (κ1) is 20.4. The average molecular weight is 535 g/mol. The lowest BCUT2D eigenvalue weighted by Crippen LogP contribution is -2.07. The molecule has 2 aliphatic rings. The maximum atomic E-state index is 11.4. The number of hydrogen-bond acceptors (Lipinski definition) is 9. The fourth-order valence-electron chi connectivity index (χ4n) is 3.64. The van der Waals surface area contributed by atoms with Crippen LogP contribution in [0.3, 0.4) is 0 Å². The number of non-ortho nitro benzene ring substituents is 2. The topological polar surface area (TPSA) is 145 Å². The molecule has 11 nitrogen and oxygen atoms in total. The van der Waals surface area contributed by atoms with Gasteiger partial charge in [0.15, 0.2) is 0 Å². The fourth-order valence-corrected chi connectivity index (χ4v) is 4.21. The van der Waals surface area contributed by atoms with E-state index in [2.05, 4.69) is 9.50 Å². The van der Waals surface area contributed by atoms with E-state index in [1.165, 1.54) is 34.7 Å². The van der Waals surface area contributed by atoms with E-state index in [9.17, 15) is 28.6 Å². The Labute approximate surface area is 223 Å². The standard InChI is InChI=1S/C9H10N2O2.C8H8N2O2.C8H10O3S/c1-10-5-7-2-3-9(11(12)13)4-8(7)6-10;11-10(12)8-2-1-6-4-9-5-7(6)3-8;1-7-3-5-8(6-4-7)12(9,10)11-2/h2-4H,5-6H2,1H3;1-3,9H,4-5H2;3-6H,1-2H3/i1D3;;2D3. The molecule has 0 saturated heterocycles.